The third kappa shape index (κ3) is 5.63. The number of nitrogens with zero attached hydrogens (tertiary/aromatic N) is 1. The van der Waals surface area contributed by atoms with Crippen molar-refractivity contribution in [2.24, 2.45) is 5.41 Å². The van der Waals surface area contributed by atoms with E-state index in [4.69, 9.17) is 4.43 Å². The van der Waals surface area contributed by atoms with Crippen LogP contribution in [0.5, 0.6) is 0 Å². The highest BCUT2D eigenvalue weighted by Gasteiger charge is 2.53. The number of benzene rings is 4. The van der Waals surface area contributed by atoms with Crippen LogP contribution in [0.2, 0.25) is 5.04 Å². The molecule has 41 heavy (non-hydrogen) atoms. The Morgan fingerprint density at radius 2 is 1.39 bits per heavy atom. The Labute approximate surface area is 267 Å². The number of rotatable bonds is 9. The zero-order valence-corrected chi connectivity index (χ0v) is 28.8. The van der Waals surface area contributed by atoms with Crippen molar-refractivity contribution < 1.29 is 4.43 Å². The first-order valence-corrected chi connectivity index (χ1v) is 18.3. The topological polar surface area (TPSA) is 14.2 Å². The molecule has 5 heteroatoms. The van der Waals surface area contributed by atoms with Crippen LogP contribution in [-0.2, 0) is 17.4 Å². The molecule has 0 N–H and O–H groups in total. The van der Waals surface area contributed by atoms with Crippen LogP contribution in [0.4, 0.5) is 0 Å². The molecule has 1 saturated carbocycles. The van der Waals surface area contributed by atoms with Crippen LogP contribution in [0.3, 0.4) is 0 Å². The van der Waals surface area contributed by atoms with Crippen LogP contribution in [-0.4, -0.2) is 19.5 Å². The minimum absolute atomic E-state index is 0.0171. The lowest BCUT2D eigenvalue weighted by molar-refractivity contribution is 0.220. The van der Waals surface area contributed by atoms with Gasteiger partial charge in [0.2, 0.25) is 0 Å². The summed E-state index contributed by atoms with van der Waals surface area (Å²) in [5.74, 6) is 0. The van der Waals surface area contributed by atoms with Crippen molar-refractivity contribution in [3.8, 4) is 0 Å². The largest absolute Gasteiger partial charge is 0.407 e. The predicted octanol–water partition coefficient (Wildman–Crippen LogP) is 8.96. The second-order valence-corrected chi connectivity index (χ2v) is 18.9. The molecular weight excluding hydrogens is 697 g/mol. The van der Waals surface area contributed by atoms with Crippen LogP contribution in [0.25, 0.3) is 10.9 Å². The molecule has 1 aliphatic carbocycles. The summed E-state index contributed by atoms with van der Waals surface area (Å²) in [6.45, 7) is 8.78. The van der Waals surface area contributed by atoms with E-state index in [1.165, 1.54) is 48.9 Å². The van der Waals surface area contributed by atoms with Gasteiger partial charge in [-0.15, -0.1) is 0 Å². The van der Waals surface area contributed by atoms with E-state index in [0.29, 0.717) is 0 Å². The molecule has 0 spiro atoms. The summed E-state index contributed by atoms with van der Waals surface area (Å²) >= 11 is 6.35. The maximum absolute atomic E-state index is 7.46. The molecule has 210 valence electrons. The maximum atomic E-state index is 7.46. The average Bonchev–Trinajstić information content (AvgIpc) is 3.70. The minimum atomic E-state index is -2.57. The summed E-state index contributed by atoms with van der Waals surface area (Å²) in [5.41, 5.74) is 4.26. The second kappa shape index (κ2) is 11.5. The fourth-order valence-electron chi connectivity index (χ4n) is 6.40. The van der Waals surface area contributed by atoms with Gasteiger partial charge in [0.15, 0.2) is 0 Å². The highest BCUT2D eigenvalue weighted by atomic mass is 127. The fraction of sp³-hybridized carbons (Fsp3) is 0.278. The van der Waals surface area contributed by atoms with Crippen molar-refractivity contribution in [1.29, 1.82) is 0 Å². The van der Waals surface area contributed by atoms with Crippen LogP contribution in [0.15, 0.2) is 114 Å². The van der Waals surface area contributed by atoms with E-state index in [-0.39, 0.29) is 10.5 Å². The van der Waals surface area contributed by atoms with Crippen LogP contribution < -0.4 is 10.4 Å². The molecule has 1 fully saturated rings. The Balaban J connectivity index is 1.37. The van der Waals surface area contributed by atoms with E-state index < -0.39 is 8.32 Å². The van der Waals surface area contributed by atoms with Gasteiger partial charge < -0.3 is 8.99 Å². The highest BCUT2D eigenvalue weighted by molar-refractivity contribution is 14.1. The van der Waals surface area contributed by atoms with Gasteiger partial charge in [-0.3, -0.25) is 0 Å². The SMILES string of the molecule is CC(C)(C)[Si](OCC1(Cc2c(I)n(Cc3ccccc3)c3ccc(Br)cc23)CC1)(c1ccccc1)c1ccccc1. The van der Waals surface area contributed by atoms with E-state index in [2.05, 4.69) is 173 Å². The smallest absolute Gasteiger partial charge is 0.261 e. The lowest BCUT2D eigenvalue weighted by atomic mass is 9.97. The van der Waals surface area contributed by atoms with Crippen molar-refractivity contribution in [2.75, 3.05) is 6.61 Å². The zero-order chi connectivity index (χ0) is 28.7. The summed E-state index contributed by atoms with van der Waals surface area (Å²) in [6, 6.07) is 39.6. The molecule has 0 aliphatic heterocycles. The highest BCUT2D eigenvalue weighted by Crippen LogP contribution is 2.52. The van der Waals surface area contributed by atoms with Crippen LogP contribution in [0, 0.1) is 9.12 Å². The van der Waals surface area contributed by atoms with E-state index in [9.17, 15) is 0 Å². The first kappa shape index (κ1) is 28.9. The molecule has 6 rings (SSSR count). The Hall–Kier alpha value is -2.19. The number of halogens is 2. The molecule has 0 bridgehead atoms. The molecular formula is C36H37BrINOSi. The minimum Gasteiger partial charge on any atom is -0.407 e. The second-order valence-electron chi connectivity index (χ2n) is 12.6. The molecule has 0 radical (unpaired) electrons. The number of aromatic nitrogens is 1. The number of hydrogen-bond acceptors (Lipinski definition) is 1. The van der Waals surface area contributed by atoms with E-state index >= 15 is 0 Å². The maximum Gasteiger partial charge on any atom is 0.261 e. The van der Waals surface area contributed by atoms with Gasteiger partial charge in [0, 0.05) is 28.5 Å². The zero-order valence-electron chi connectivity index (χ0n) is 24.0. The monoisotopic (exact) mass is 733 g/mol. The van der Waals surface area contributed by atoms with Gasteiger partial charge in [0.1, 0.15) is 0 Å². The molecule has 4 aromatic carbocycles. The lowest BCUT2D eigenvalue weighted by Crippen LogP contribution is -2.67. The van der Waals surface area contributed by atoms with Crippen molar-refractivity contribution in [3.63, 3.8) is 0 Å². The van der Waals surface area contributed by atoms with Crippen LogP contribution >= 0.6 is 38.5 Å². The van der Waals surface area contributed by atoms with Crippen molar-refractivity contribution >= 4 is 68.1 Å². The summed E-state index contributed by atoms with van der Waals surface area (Å²) in [7, 11) is -2.57. The van der Waals surface area contributed by atoms with Gasteiger partial charge in [0.25, 0.3) is 8.32 Å². The van der Waals surface area contributed by atoms with Crippen molar-refractivity contribution in [1.82, 2.24) is 4.57 Å². The van der Waals surface area contributed by atoms with E-state index in [1.807, 2.05) is 0 Å². The first-order valence-electron chi connectivity index (χ1n) is 14.5. The average molecular weight is 735 g/mol. The Morgan fingerprint density at radius 1 is 0.829 bits per heavy atom. The summed E-state index contributed by atoms with van der Waals surface area (Å²) < 4.78 is 12.4. The van der Waals surface area contributed by atoms with Gasteiger partial charge in [-0.2, -0.15) is 0 Å². The van der Waals surface area contributed by atoms with E-state index in [1.54, 1.807) is 0 Å². The summed E-state index contributed by atoms with van der Waals surface area (Å²) in [5, 5.41) is 4.05. The van der Waals surface area contributed by atoms with E-state index in [0.717, 1.165) is 24.0 Å². The third-order valence-corrected chi connectivity index (χ3v) is 15.5. The van der Waals surface area contributed by atoms with Gasteiger partial charge >= 0.3 is 0 Å². The normalized spacial score (nSPS) is 14.9. The van der Waals surface area contributed by atoms with Gasteiger partial charge in [0.05, 0.1) is 3.70 Å². The molecule has 2 nitrogen and oxygen atoms in total. The molecule has 0 amide bonds. The van der Waals surface area contributed by atoms with Gasteiger partial charge in [-0.1, -0.05) is 128 Å². The quantitative estimate of drug-likeness (QED) is 0.109. The fourth-order valence-corrected chi connectivity index (χ4v) is 12.4. The summed E-state index contributed by atoms with van der Waals surface area (Å²) in [6.07, 6.45) is 3.46. The number of hydrogen-bond donors (Lipinski definition) is 0. The predicted molar refractivity (Wildman–Crippen MR) is 187 cm³/mol. The molecule has 1 aromatic heterocycles. The molecule has 1 aliphatic rings. The molecule has 0 unspecified atom stereocenters. The van der Waals surface area contributed by atoms with Crippen molar-refractivity contribution in [3.05, 3.63) is 128 Å². The Kier molecular flexibility index (Phi) is 8.09. The molecule has 0 atom stereocenters. The van der Waals surface area contributed by atoms with Crippen molar-refractivity contribution in [2.45, 2.75) is 51.6 Å². The lowest BCUT2D eigenvalue weighted by Gasteiger charge is -2.44. The van der Waals surface area contributed by atoms with Gasteiger partial charge in [-0.25, -0.2) is 0 Å². The Bertz CT molecular complexity index is 1600. The van der Waals surface area contributed by atoms with Crippen LogP contribution in [0.1, 0.15) is 44.7 Å². The number of fused-ring (bicyclic) bond motifs is 1. The first-order chi connectivity index (χ1) is 19.7. The molecule has 5 aromatic rings. The third-order valence-electron chi connectivity index (χ3n) is 8.76. The summed E-state index contributed by atoms with van der Waals surface area (Å²) in [4.78, 5) is 0. The standard InChI is InChI=1S/C36H37BrINOSi/c1-35(2,3)41(29-15-9-5-10-16-29,30-17-11-6-12-18-30)40-26-36(21-22-36)24-32-31-23-28(37)19-20-33(31)39(34(32)38)25-27-13-7-4-8-14-27/h4-20,23H,21-22,24-26H2,1-3H3. The molecule has 1 heterocycles. The van der Waals surface area contributed by atoms with Gasteiger partial charge in [-0.05, 0) is 92.0 Å². The Morgan fingerprint density at radius 3 is 1.93 bits per heavy atom. The molecule has 0 saturated heterocycles.